The molecule has 0 bridgehead atoms. The van der Waals surface area contributed by atoms with Gasteiger partial charge in [-0.15, -0.1) is 0 Å². The third kappa shape index (κ3) is 1.79. The molecule has 1 saturated heterocycles. The molecule has 3 rings (SSSR count). The standard InChI is InChI=1S/C13H13NO3S/c15-13(5-6-18(16,17)9-13)12-8-14-7-10-3-1-2-4-11(10)12/h1-4,7-8,15H,5-6,9H2. The largest absolute Gasteiger partial charge is 0.384 e. The highest BCUT2D eigenvalue weighted by molar-refractivity contribution is 7.91. The Morgan fingerprint density at radius 1 is 1.22 bits per heavy atom. The van der Waals surface area contributed by atoms with Gasteiger partial charge in [0, 0.05) is 23.3 Å². The Bertz CT molecular complexity index is 706. The van der Waals surface area contributed by atoms with E-state index in [9.17, 15) is 13.5 Å². The number of aliphatic hydroxyl groups is 1. The van der Waals surface area contributed by atoms with Crippen molar-refractivity contribution in [1.29, 1.82) is 0 Å². The Labute approximate surface area is 105 Å². The number of rotatable bonds is 1. The van der Waals surface area contributed by atoms with Gasteiger partial charge in [-0.05, 0) is 11.8 Å². The highest BCUT2D eigenvalue weighted by Crippen LogP contribution is 2.36. The van der Waals surface area contributed by atoms with Crippen LogP contribution in [-0.4, -0.2) is 30.0 Å². The van der Waals surface area contributed by atoms with Crippen molar-refractivity contribution in [1.82, 2.24) is 4.98 Å². The predicted octanol–water partition coefficient (Wildman–Crippen LogP) is 1.24. The van der Waals surface area contributed by atoms with Crippen LogP contribution in [0.25, 0.3) is 10.8 Å². The maximum Gasteiger partial charge on any atom is 0.153 e. The molecule has 0 saturated carbocycles. The fourth-order valence-corrected chi connectivity index (χ4v) is 4.35. The van der Waals surface area contributed by atoms with Gasteiger partial charge in [0.05, 0.1) is 11.5 Å². The van der Waals surface area contributed by atoms with Crippen LogP contribution in [0.1, 0.15) is 12.0 Å². The van der Waals surface area contributed by atoms with Crippen molar-refractivity contribution in [2.24, 2.45) is 0 Å². The van der Waals surface area contributed by atoms with E-state index in [1.165, 1.54) is 0 Å². The molecule has 0 radical (unpaired) electrons. The van der Waals surface area contributed by atoms with Gasteiger partial charge in [0.2, 0.25) is 0 Å². The van der Waals surface area contributed by atoms with E-state index in [1.807, 2.05) is 24.3 Å². The number of aromatic nitrogens is 1. The van der Waals surface area contributed by atoms with E-state index in [4.69, 9.17) is 0 Å². The zero-order valence-electron chi connectivity index (χ0n) is 9.70. The van der Waals surface area contributed by atoms with Crippen molar-refractivity contribution < 1.29 is 13.5 Å². The second-order valence-corrected chi connectivity index (χ2v) is 6.97. The van der Waals surface area contributed by atoms with Crippen molar-refractivity contribution in [2.45, 2.75) is 12.0 Å². The van der Waals surface area contributed by atoms with Crippen molar-refractivity contribution >= 4 is 20.6 Å². The van der Waals surface area contributed by atoms with E-state index in [0.29, 0.717) is 5.56 Å². The van der Waals surface area contributed by atoms with Gasteiger partial charge in [0.25, 0.3) is 0 Å². The molecule has 0 amide bonds. The van der Waals surface area contributed by atoms with Crippen LogP contribution in [0.2, 0.25) is 0 Å². The maximum absolute atomic E-state index is 11.6. The van der Waals surface area contributed by atoms with Gasteiger partial charge in [-0.25, -0.2) is 8.42 Å². The fourth-order valence-electron chi connectivity index (χ4n) is 2.53. The van der Waals surface area contributed by atoms with Gasteiger partial charge in [-0.2, -0.15) is 0 Å². The monoisotopic (exact) mass is 263 g/mol. The van der Waals surface area contributed by atoms with E-state index < -0.39 is 15.4 Å². The smallest absolute Gasteiger partial charge is 0.153 e. The van der Waals surface area contributed by atoms with Crippen molar-refractivity contribution in [3.05, 3.63) is 42.2 Å². The maximum atomic E-state index is 11.6. The fraction of sp³-hybridized carbons (Fsp3) is 0.308. The Morgan fingerprint density at radius 2 is 2.00 bits per heavy atom. The van der Waals surface area contributed by atoms with E-state index in [1.54, 1.807) is 12.4 Å². The molecule has 94 valence electrons. The first kappa shape index (κ1) is 11.6. The lowest BCUT2D eigenvalue weighted by Gasteiger charge is -2.22. The highest BCUT2D eigenvalue weighted by atomic mass is 32.2. The van der Waals surface area contributed by atoms with Crippen LogP contribution in [0.5, 0.6) is 0 Å². The summed E-state index contributed by atoms with van der Waals surface area (Å²) in [5.41, 5.74) is -0.686. The van der Waals surface area contributed by atoms with Crippen LogP contribution in [0.4, 0.5) is 0 Å². The summed E-state index contributed by atoms with van der Waals surface area (Å²) in [6.45, 7) is 0. The first-order chi connectivity index (χ1) is 8.50. The van der Waals surface area contributed by atoms with E-state index in [2.05, 4.69) is 4.98 Å². The zero-order valence-corrected chi connectivity index (χ0v) is 10.5. The van der Waals surface area contributed by atoms with Crippen LogP contribution in [0.15, 0.2) is 36.7 Å². The second kappa shape index (κ2) is 3.76. The van der Waals surface area contributed by atoms with Crippen LogP contribution < -0.4 is 0 Å². The Hall–Kier alpha value is -1.46. The molecular weight excluding hydrogens is 250 g/mol. The number of sulfone groups is 1. The van der Waals surface area contributed by atoms with Crippen molar-refractivity contribution in [3.8, 4) is 0 Å². The topological polar surface area (TPSA) is 67.3 Å². The molecule has 2 heterocycles. The molecule has 2 aromatic rings. The second-order valence-electron chi connectivity index (χ2n) is 4.78. The summed E-state index contributed by atoms with van der Waals surface area (Å²) in [4.78, 5) is 4.10. The third-order valence-electron chi connectivity index (χ3n) is 3.45. The van der Waals surface area contributed by atoms with Crippen molar-refractivity contribution in [2.75, 3.05) is 11.5 Å². The molecule has 5 heteroatoms. The zero-order chi connectivity index (χ0) is 12.8. The normalized spacial score (nSPS) is 26.5. The first-order valence-electron chi connectivity index (χ1n) is 5.76. The number of benzene rings is 1. The SMILES string of the molecule is O=S1(=O)CCC(O)(c2cncc3ccccc23)C1. The number of hydrogen-bond acceptors (Lipinski definition) is 4. The van der Waals surface area contributed by atoms with Crippen LogP contribution in [0, 0.1) is 0 Å². The summed E-state index contributed by atoms with van der Waals surface area (Å²) in [6.07, 6.45) is 3.53. The molecule has 1 N–H and O–H groups in total. The molecule has 1 aromatic carbocycles. The van der Waals surface area contributed by atoms with Gasteiger partial charge in [-0.3, -0.25) is 4.98 Å². The number of pyridine rings is 1. The molecule has 1 atom stereocenters. The van der Waals surface area contributed by atoms with Gasteiger partial charge in [0.15, 0.2) is 9.84 Å². The van der Waals surface area contributed by atoms with Gasteiger partial charge in [0.1, 0.15) is 5.60 Å². The van der Waals surface area contributed by atoms with Crippen LogP contribution >= 0.6 is 0 Å². The third-order valence-corrected chi connectivity index (χ3v) is 5.20. The minimum absolute atomic E-state index is 0.0344. The lowest BCUT2D eigenvalue weighted by molar-refractivity contribution is 0.0665. The van der Waals surface area contributed by atoms with E-state index in [0.717, 1.165) is 10.8 Å². The number of fused-ring (bicyclic) bond motifs is 1. The summed E-state index contributed by atoms with van der Waals surface area (Å²) in [6, 6.07) is 7.55. The molecule has 1 aliphatic heterocycles. The van der Waals surface area contributed by atoms with E-state index in [-0.39, 0.29) is 17.9 Å². The van der Waals surface area contributed by atoms with Crippen LogP contribution in [-0.2, 0) is 15.4 Å². The molecule has 0 aliphatic carbocycles. The number of nitrogens with zero attached hydrogens (tertiary/aromatic N) is 1. The molecule has 0 spiro atoms. The van der Waals surface area contributed by atoms with Gasteiger partial charge < -0.3 is 5.11 Å². The lowest BCUT2D eigenvalue weighted by Crippen LogP contribution is -2.27. The minimum Gasteiger partial charge on any atom is -0.384 e. The minimum atomic E-state index is -3.15. The quantitative estimate of drug-likeness (QED) is 0.840. The van der Waals surface area contributed by atoms with Gasteiger partial charge in [-0.1, -0.05) is 24.3 Å². The molecule has 1 fully saturated rings. The Morgan fingerprint density at radius 3 is 2.72 bits per heavy atom. The molecule has 1 aliphatic rings. The average molecular weight is 263 g/mol. The highest BCUT2D eigenvalue weighted by Gasteiger charge is 2.42. The first-order valence-corrected chi connectivity index (χ1v) is 7.58. The summed E-state index contributed by atoms with van der Waals surface area (Å²) >= 11 is 0. The average Bonchev–Trinajstić information content (AvgIpc) is 2.64. The Balaban J connectivity index is 2.21. The number of hydrogen-bond donors (Lipinski definition) is 1. The molecular formula is C13H13NO3S. The molecule has 18 heavy (non-hydrogen) atoms. The van der Waals surface area contributed by atoms with Crippen molar-refractivity contribution in [3.63, 3.8) is 0 Å². The summed E-state index contributed by atoms with van der Waals surface area (Å²) in [5, 5.41) is 12.4. The lowest BCUT2D eigenvalue weighted by atomic mass is 9.91. The predicted molar refractivity (Wildman–Crippen MR) is 68.9 cm³/mol. The summed E-state index contributed by atoms with van der Waals surface area (Å²) < 4.78 is 23.2. The summed E-state index contributed by atoms with van der Waals surface area (Å²) in [7, 11) is -3.15. The van der Waals surface area contributed by atoms with Gasteiger partial charge >= 0.3 is 0 Å². The Kier molecular flexibility index (Phi) is 2.43. The molecule has 4 nitrogen and oxygen atoms in total. The molecule has 1 aromatic heterocycles. The summed E-state index contributed by atoms with van der Waals surface area (Å²) in [5.74, 6) is -0.178. The van der Waals surface area contributed by atoms with E-state index >= 15 is 0 Å². The molecule has 1 unspecified atom stereocenters. The van der Waals surface area contributed by atoms with Crippen LogP contribution in [0.3, 0.4) is 0 Å².